The minimum atomic E-state index is -1.04. The minimum Gasteiger partial charge on any atom is -0.496 e. The largest absolute Gasteiger partial charge is 0.496 e. The molecular weight excluding hydrogens is 997 g/mol. The quantitative estimate of drug-likeness (QED) is 0.0809. The van der Waals surface area contributed by atoms with Gasteiger partial charge in [0.25, 0.3) is 0 Å². The highest BCUT2D eigenvalue weighted by atomic mass is 16.6. The number of carboxylic acid groups (broad SMARTS) is 1. The van der Waals surface area contributed by atoms with Crippen molar-refractivity contribution in [2.75, 3.05) is 44.3 Å². The number of methoxy groups -OCH3 is 3. The number of ether oxygens (including phenoxy) is 5. The summed E-state index contributed by atoms with van der Waals surface area (Å²) in [6.45, 7) is 16.5. The molecule has 0 aliphatic heterocycles. The van der Waals surface area contributed by atoms with E-state index in [-0.39, 0.29) is 29.3 Å². The van der Waals surface area contributed by atoms with Gasteiger partial charge in [0.1, 0.15) is 34.6 Å². The lowest BCUT2D eigenvalue weighted by molar-refractivity contribution is -0.143. The van der Waals surface area contributed by atoms with Gasteiger partial charge in [0.15, 0.2) is 13.2 Å². The molecule has 0 spiro atoms. The van der Waals surface area contributed by atoms with E-state index < -0.39 is 18.5 Å². The van der Waals surface area contributed by atoms with Crippen molar-refractivity contribution in [1.82, 2.24) is 9.97 Å². The Bertz CT molecular complexity index is 3450. The summed E-state index contributed by atoms with van der Waals surface area (Å²) in [4.78, 5) is 62.4. The molecule has 0 fully saturated rings. The van der Waals surface area contributed by atoms with Gasteiger partial charge in [0.05, 0.1) is 34.4 Å². The Morgan fingerprint density at radius 1 is 0.494 bits per heavy atom. The molecule has 0 atom stereocenters. The predicted octanol–water partition coefficient (Wildman–Crippen LogP) is 13.4. The van der Waals surface area contributed by atoms with Gasteiger partial charge < -0.3 is 28.8 Å². The number of carboxylic acids is 1. The normalized spacial score (nSPS) is 11.3. The number of aromatic nitrogens is 2. The molecule has 14 nitrogen and oxygen atoms in total. The lowest BCUT2D eigenvalue weighted by Gasteiger charge is -2.27. The number of nitrogens with zero attached hydrogens (tertiary/aromatic N) is 4. The maximum atomic E-state index is 13.7. The summed E-state index contributed by atoms with van der Waals surface area (Å²) in [6.07, 6.45) is 4.07. The zero-order valence-corrected chi connectivity index (χ0v) is 47.0. The van der Waals surface area contributed by atoms with Crippen LogP contribution in [0.3, 0.4) is 0 Å². The molecule has 0 saturated carbocycles. The summed E-state index contributed by atoms with van der Waals surface area (Å²) in [5, 5.41) is 12.2. The summed E-state index contributed by atoms with van der Waals surface area (Å²) in [6, 6.07) is 43.1. The van der Waals surface area contributed by atoms with E-state index in [1.54, 1.807) is 54.6 Å². The molecule has 0 aliphatic carbocycles. The van der Waals surface area contributed by atoms with Crippen molar-refractivity contribution < 1.29 is 48.0 Å². The van der Waals surface area contributed by atoms with E-state index in [0.717, 1.165) is 77.6 Å². The fourth-order valence-corrected chi connectivity index (χ4v) is 8.98. The molecule has 0 aliphatic rings. The van der Waals surface area contributed by atoms with Gasteiger partial charge in [-0.1, -0.05) is 102 Å². The average Bonchev–Trinajstić information content (AvgIpc) is 3.43. The Morgan fingerprint density at radius 2 is 0.886 bits per heavy atom. The summed E-state index contributed by atoms with van der Waals surface area (Å²) in [5.74, 6) is 2.30. The highest BCUT2D eigenvalue weighted by Crippen LogP contribution is 2.35. The van der Waals surface area contributed by atoms with Crippen LogP contribution >= 0.6 is 0 Å². The van der Waals surface area contributed by atoms with E-state index in [4.69, 9.17) is 24.1 Å². The fourth-order valence-electron chi connectivity index (χ4n) is 8.98. The number of benzene rings is 6. The molecule has 0 radical (unpaired) electrons. The molecule has 2 aromatic heterocycles. The van der Waals surface area contributed by atoms with E-state index >= 15 is 0 Å². The van der Waals surface area contributed by atoms with Crippen molar-refractivity contribution in [3.05, 3.63) is 168 Å². The van der Waals surface area contributed by atoms with Gasteiger partial charge in [-0.3, -0.25) is 19.4 Å². The Kier molecular flexibility index (Phi) is 18.8. The SMILES string of the molecule is COC(=O)COc1ccc2c(N(Cc3ccc(-c4ccc(OC)c(C)c4)cc3)C(=O)CC(C)(C)C)nccc2c1.COc1ccc(-c2ccc(CN(C(=O)CC(C)(C)C)c3nccc4cc(OCC(=O)O)ccc34)cc2)cc1C. The van der Waals surface area contributed by atoms with Crippen molar-refractivity contribution in [2.45, 2.75) is 81.3 Å². The predicted molar refractivity (Wildman–Crippen MR) is 311 cm³/mol. The van der Waals surface area contributed by atoms with Crippen LogP contribution in [0.2, 0.25) is 0 Å². The number of carbonyl (C=O) groups is 4. The topological polar surface area (TPSA) is 167 Å². The standard InChI is InChI=1S/C33H36N2O5.C32H34N2O5/c1-22-17-25(11-14-29(22)38-5)24-9-7-23(8-10-24)20-35(30(36)19-33(2,3)4)32-28-13-12-27(40-21-31(37)39-6)18-26(28)15-16-34-32;1-21-16-24(10-13-28(21)38-5)23-8-6-22(7-9-23)19-34(29(35)18-32(2,3)4)31-27-12-11-26(39-20-30(36)37)17-25(27)14-15-33-31/h7-18H,19-21H2,1-6H3;6-17H,18-20H2,1-5H3,(H,36,37). The molecule has 79 heavy (non-hydrogen) atoms. The second-order valence-electron chi connectivity index (χ2n) is 21.8. The monoisotopic (exact) mass is 1070 g/mol. The molecule has 2 amide bonds. The van der Waals surface area contributed by atoms with Crippen molar-refractivity contribution in [3.8, 4) is 45.3 Å². The number of hydrogen-bond acceptors (Lipinski definition) is 11. The highest BCUT2D eigenvalue weighted by Gasteiger charge is 2.27. The van der Waals surface area contributed by atoms with Crippen LogP contribution in [0.25, 0.3) is 43.8 Å². The molecule has 2 heterocycles. The van der Waals surface area contributed by atoms with Crippen LogP contribution in [-0.2, 0) is 37.0 Å². The first-order valence-corrected chi connectivity index (χ1v) is 26.0. The molecular formula is C65H70N4O10. The van der Waals surface area contributed by atoms with Gasteiger partial charge in [-0.15, -0.1) is 0 Å². The number of rotatable bonds is 18. The zero-order valence-electron chi connectivity index (χ0n) is 47.0. The second-order valence-corrected chi connectivity index (χ2v) is 21.8. The van der Waals surface area contributed by atoms with Gasteiger partial charge in [-0.2, -0.15) is 0 Å². The fraction of sp³-hybridized carbons (Fsp3) is 0.292. The lowest BCUT2D eigenvalue weighted by atomic mass is 9.91. The number of aliphatic carboxylic acids is 1. The summed E-state index contributed by atoms with van der Waals surface area (Å²) >= 11 is 0. The molecule has 410 valence electrons. The second kappa shape index (κ2) is 25.6. The minimum absolute atomic E-state index is 0.00614. The van der Waals surface area contributed by atoms with Crippen LogP contribution in [0.1, 0.15) is 76.6 Å². The molecule has 6 aromatic carbocycles. The van der Waals surface area contributed by atoms with Gasteiger partial charge >= 0.3 is 11.9 Å². The van der Waals surface area contributed by atoms with Gasteiger partial charge in [-0.05, 0) is 153 Å². The van der Waals surface area contributed by atoms with E-state index in [9.17, 15) is 19.2 Å². The maximum Gasteiger partial charge on any atom is 0.343 e. The molecule has 8 rings (SSSR count). The zero-order chi connectivity index (χ0) is 57.0. The third-order valence-corrected chi connectivity index (χ3v) is 12.9. The number of esters is 1. The number of pyridine rings is 2. The first-order valence-electron chi connectivity index (χ1n) is 26.0. The van der Waals surface area contributed by atoms with E-state index in [1.165, 1.54) is 7.11 Å². The van der Waals surface area contributed by atoms with E-state index in [2.05, 4.69) is 84.0 Å². The number of anilines is 2. The third kappa shape index (κ3) is 15.7. The Morgan fingerprint density at radius 3 is 1.24 bits per heavy atom. The number of aryl methyl sites for hydroxylation is 2. The highest BCUT2D eigenvalue weighted by molar-refractivity contribution is 6.03. The van der Waals surface area contributed by atoms with Crippen molar-refractivity contribution in [1.29, 1.82) is 0 Å². The maximum absolute atomic E-state index is 13.7. The average molecular weight is 1070 g/mol. The molecule has 0 saturated heterocycles. The van der Waals surface area contributed by atoms with Crippen LogP contribution < -0.4 is 28.7 Å². The van der Waals surface area contributed by atoms with Gasteiger partial charge in [0.2, 0.25) is 11.8 Å². The molecule has 8 aromatic rings. The molecule has 1 N–H and O–H groups in total. The Hall–Kier alpha value is -8.78. The van der Waals surface area contributed by atoms with Crippen LogP contribution in [0.15, 0.2) is 146 Å². The summed E-state index contributed by atoms with van der Waals surface area (Å²) in [7, 11) is 4.66. The van der Waals surface area contributed by atoms with Gasteiger partial charge in [-0.25, -0.2) is 19.6 Å². The molecule has 0 bridgehead atoms. The number of amides is 2. The third-order valence-electron chi connectivity index (χ3n) is 12.9. The molecule has 0 unspecified atom stereocenters. The van der Waals surface area contributed by atoms with Crippen LogP contribution in [0.5, 0.6) is 23.0 Å². The van der Waals surface area contributed by atoms with Crippen molar-refractivity contribution in [3.63, 3.8) is 0 Å². The molecule has 14 heteroatoms. The van der Waals surface area contributed by atoms with Crippen molar-refractivity contribution in [2.24, 2.45) is 10.8 Å². The lowest BCUT2D eigenvalue weighted by Crippen LogP contribution is -2.34. The first-order chi connectivity index (χ1) is 37.6. The smallest absolute Gasteiger partial charge is 0.343 e. The summed E-state index contributed by atoms with van der Waals surface area (Å²) in [5.41, 5.74) is 8.08. The Balaban J connectivity index is 0.000000229. The number of carbonyl (C=O) groups excluding carboxylic acids is 3. The van der Waals surface area contributed by atoms with Crippen LogP contribution in [0, 0.1) is 24.7 Å². The summed E-state index contributed by atoms with van der Waals surface area (Å²) < 4.78 is 26.3. The van der Waals surface area contributed by atoms with Crippen LogP contribution in [0.4, 0.5) is 11.6 Å². The Labute approximate surface area is 462 Å². The van der Waals surface area contributed by atoms with Crippen molar-refractivity contribution >= 4 is 56.9 Å². The number of hydrogen-bond donors (Lipinski definition) is 1. The first kappa shape index (κ1) is 57.9. The van der Waals surface area contributed by atoms with E-state index in [0.29, 0.717) is 49.1 Å². The number of fused-ring (bicyclic) bond motifs is 2. The van der Waals surface area contributed by atoms with Gasteiger partial charge in [0, 0.05) is 36.0 Å². The van der Waals surface area contributed by atoms with E-state index in [1.807, 2.05) is 101 Å². The van der Waals surface area contributed by atoms with Crippen LogP contribution in [-0.4, -0.2) is 73.4 Å².